The minimum atomic E-state index is -4.78. The maximum absolute atomic E-state index is 12.1. The molecule has 12 nitrogen and oxygen atoms in total. The van der Waals surface area contributed by atoms with Crippen LogP contribution in [-0.2, 0) is 22.8 Å². The van der Waals surface area contributed by atoms with Crippen LogP contribution in [0.2, 0.25) is 0 Å². The zero-order chi connectivity index (χ0) is 22.1. The molecule has 15 heteroatoms. The molecule has 0 bridgehead atoms. The van der Waals surface area contributed by atoms with Crippen LogP contribution in [0.5, 0.6) is 0 Å². The lowest BCUT2D eigenvalue weighted by molar-refractivity contribution is -0.0899. The van der Waals surface area contributed by atoms with Gasteiger partial charge in [0.15, 0.2) is 7.34 Å². The Labute approximate surface area is 173 Å². The van der Waals surface area contributed by atoms with Gasteiger partial charge in [-0.15, -0.1) is 0 Å². The number of aromatic amines is 1. The number of hydrogen-bond acceptors (Lipinski definition) is 8. The molecule has 0 aromatic carbocycles. The SMILES string of the molecule is C=P(C)(OO[PH](=O)CCC1CC(C)C(c2cnc3c(=O)[nH]cnn23)C1)OP(=O)(O)O. The topological polar surface area (TPSA) is 165 Å². The summed E-state index contributed by atoms with van der Waals surface area (Å²) in [6, 6.07) is 0. The van der Waals surface area contributed by atoms with Gasteiger partial charge >= 0.3 is 7.82 Å². The maximum Gasteiger partial charge on any atom is 0.474 e. The van der Waals surface area contributed by atoms with Gasteiger partial charge in [-0.25, -0.2) is 18.4 Å². The molecule has 1 aliphatic rings. The van der Waals surface area contributed by atoms with Crippen LogP contribution in [0.1, 0.15) is 37.8 Å². The summed E-state index contributed by atoms with van der Waals surface area (Å²) in [6.07, 6.45) is 9.10. The van der Waals surface area contributed by atoms with Crippen molar-refractivity contribution in [2.24, 2.45) is 11.8 Å². The van der Waals surface area contributed by atoms with E-state index in [0.29, 0.717) is 18.3 Å². The summed E-state index contributed by atoms with van der Waals surface area (Å²) in [7, 11) is -10.6. The van der Waals surface area contributed by atoms with E-state index in [1.165, 1.54) is 13.0 Å². The lowest BCUT2D eigenvalue weighted by Gasteiger charge is -2.18. The van der Waals surface area contributed by atoms with E-state index in [0.717, 1.165) is 18.5 Å². The number of H-pyrrole nitrogens is 1. The van der Waals surface area contributed by atoms with Gasteiger partial charge in [0.05, 0.1) is 11.9 Å². The van der Waals surface area contributed by atoms with Gasteiger partial charge in [-0.05, 0) is 37.4 Å². The van der Waals surface area contributed by atoms with Gasteiger partial charge in [0, 0.05) is 18.7 Å². The molecule has 3 rings (SSSR count). The third-order valence-electron chi connectivity index (χ3n) is 5.02. The monoisotopic (exact) mass is 482 g/mol. The van der Waals surface area contributed by atoms with Crippen molar-refractivity contribution in [2.75, 3.05) is 12.8 Å². The molecule has 2 aromatic rings. The Hall–Kier alpha value is -1.09. The highest BCUT2D eigenvalue weighted by atomic mass is 31.3. The molecule has 0 saturated heterocycles. The van der Waals surface area contributed by atoms with Crippen LogP contribution in [0, 0.1) is 11.8 Å². The van der Waals surface area contributed by atoms with E-state index in [1.54, 1.807) is 10.7 Å². The zero-order valence-electron chi connectivity index (χ0n) is 16.5. The Morgan fingerprint density at radius 1 is 1.43 bits per heavy atom. The van der Waals surface area contributed by atoms with E-state index < -0.39 is 23.2 Å². The predicted octanol–water partition coefficient (Wildman–Crippen LogP) is 2.38. The third-order valence-corrected chi connectivity index (χ3v) is 8.75. The molecule has 5 unspecified atom stereocenters. The van der Waals surface area contributed by atoms with Crippen LogP contribution >= 0.6 is 23.2 Å². The molecule has 1 aliphatic carbocycles. The molecule has 1 saturated carbocycles. The first-order chi connectivity index (χ1) is 14.0. The Bertz CT molecular complexity index is 1080. The molecule has 30 heavy (non-hydrogen) atoms. The summed E-state index contributed by atoms with van der Waals surface area (Å²) >= 11 is 0. The first-order valence-electron chi connectivity index (χ1n) is 9.23. The quantitative estimate of drug-likeness (QED) is 0.274. The molecule has 0 aliphatic heterocycles. The second kappa shape index (κ2) is 9.18. The molecule has 168 valence electrons. The molecule has 0 spiro atoms. The van der Waals surface area contributed by atoms with Gasteiger partial charge in [0.1, 0.15) is 6.33 Å². The van der Waals surface area contributed by atoms with Crippen LogP contribution in [0.4, 0.5) is 0 Å². The average molecular weight is 482 g/mol. The van der Waals surface area contributed by atoms with Gasteiger partial charge < -0.3 is 14.8 Å². The van der Waals surface area contributed by atoms with Crippen molar-refractivity contribution >= 4 is 35.1 Å². The number of nitrogens with zero attached hydrogens (tertiary/aromatic N) is 3. The molecule has 3 N–H and O–H groups in total. The summed E-state index contributed by atoms with van der Waals surface area (Å²) < 4.78 is 38.6. The van der Waals surface area contributed by atoms with E-state index in [2.05, 4.69) is 32.6 Å². The van der Waals surface area contributed by atoms with Gasteiger partial charge in [-0.2, -0.15) is 14.4 Å². The first-order valence-corrected chi connectivity index (χ1v) is 14.5. The Kier molecular flexibility index (Phi) is 7.22. The largest absolute Gasteiger partial charge is 0.474 e. The number of hydrogen-bond donors (Lipinski definition) is 3. The second-order valence-corrected chi connectivity index (χ2v) is 12.8. The van der Waals surface area contributed by atoms with Gasteiger partial charge in [-0.3, -0.25) is 9.36 Å². The summed E-state index contributed by atoms with van der Waals surface area (Å²) in [5, 5.41) is 4.20. The number of phosphoric acid groups is 1. The molecule has 0 radical (unpaired) electrons. The zero-order valence-corrected chi connectivity index (χ0v) is 19.3. The summed E-state index contributed by atoms with van der Waals surface area (Å²) in [4.78, 5) is 36.2. The second-order valence-electron chi connectivity index (χ2n) is 7.61. The fourth-order valence-electron chi connectivity index (χ4n) is 3.85. The summed E-state index contributed by atoms with van der Waals surface area (Å²) in [5.41, 5.74) is 0.846. The van der Waals surface area contributed by atoms with Crippen molar-refractivity contribution in [3.05, 3.63) is 28.6 Å². The van der Waals surface area contributed by atoms with Crippen molar-refractivity contribution in [1.82, 2.24) is 19.6 Å². The fraction of sp³-hybridized carbons (Fsp3) is 0.600. The van der Waals surface area contributed by atoms with Crippen molar-refractivity contribution < 1.29 is 32.6 Å². The minimum Gasteiger partial charge on any atom is -0.308 e. The van der Waals surface area contributed by atoms with E-state index in [4.69, 9.17) is 19.1 Å². The standard InChI is InChI=1S/C15H25N4O8P3/c1-10-6-11(4-5-28(21)25-26-29(2,3)27-30(22,23)24)7-12(10)13-8-16-14-15(20)17-9-18-19(13)14/h8-12,28H,2,4-7H2,1,3H3,(H,17,18,20)(H2,22,23,24). The highest BCUT2D eigenvalue weighted by molar-refractivity contribution is 7.70. The Morgan fingerprint density at radius 2 is 2.17 bits per heavy atom. The predicted molar refractivity (Wildman–Crippen MR) is 112 cm³/mol. The summed E-state index contributed by atoms with van der Waals surface area (Å²) in [5.74, 6) is 0.799. The maximum atomic E-state index is 12.1. The van der Waals surface area contributed by atoms with Crippen LogP contribution in [0.3, 0.4) is 0 Å². The third kappa shape index (κ3) is 5.99. The fourth-order valence-corrected chi connectivity index (χ4v) is 7.45. The lowest BCUT2D eigenvalue weighted by atomic mass is 9.95. The van der Waals surface area contributed by atoms with Crippen molar-refractivity contribution in [2.45, 2.75) is 32.1 Å². The number of nitrogens with one attached hydrogen (secondary N) is 1. The van der Waals surface area contributed by atoms with Crippen LogP contribution in [-0.4, -0.2) is 48.5 Å². The molecule has 5 atom stereocenters. The first kappa shape index (κ1) is 23.6. The molecule has 2 aromatic heterocycles. The van der Waals surface area contributed by atoms with E-state index >= 15 is 0 Å². The van der Waals surface area contributed by atoms with Crippen LogP contribution in [0.15, 0.2) is 17.3 Å². The van der Waals surface area contributed by atoms with E-state index in [9.17, 15) is 13.9 Å². The molecular formula is C15H25N4O8P3. The molecule has 2 heterocycles. The highest BCUT2D eigenvalue weighted by Gasteiger charge is 2.34. The molecular weight excluding hydrogens is 457 g/mol. The normalized spacial score (nSPS) is 25.4. The van der Waals surface area contributed by atoms with Crippen LogP contribution < -0.4 is 5.56 Å². The number of imidazole rings is 1. The number of aromatic nitrogens is 4. The van der Waals surface area contributed by atoms with Crippen LogP contribution in [0.25, 0.3) is 5.65 Å². The van der Waals surface area contributed by atoms with Crippen molar-refractivity contribution in [1.29, 1.82) is 0 Å². The van der Waals surface area contributed by atoms with E-state index in [1.807, 2.05) is 0 Å². The van der Waals surface area contributed by atoms with Crippen molar-refractivity contribution in [3.8, 4) is 0 Å². The highest BCUT2D eigenvalue weighted by Crippen LogP contribution is 2.58. The van der Waals surface area contributed by atoms with Gasteiger partial charge in [0.25, 0.3) is 5.56 Å². The Morgan fingerprint density at radius 3 is 2.87 bits per heavy atom. The minimum absolute atomic E-state index is 0.171. The number of fused-ring (bicyclic) bond motifs is 1. The van der Waals surface area contributed by atoms with Gasteiger partial charge in [-0.1, -0.05) is 6.92 Å². The van der Waals surface area contributed by atoms with Gasteiger partial charge in [0.2, 0.25) is 13.7 Å². The molecule has 1 fully saturated rings. The lowest BCUT2D eigenvalue weighted by Crippen LogP contribution is -2.14. The Balaban J connectivity index is 1.53. The average Bonchev–Trinajstić information content (AvgIpc) is 3.20. The smallest absolute Gasteiger partial charge is 0.308 e. The van der Waals surface area contributed by atoms with Crippen molar-refractivity contribution in [3.63, 3.8) is 0 Å². The number of rotatable bonds is 9. The van der Waals surface area contributed by atoms with E-state index in [-0.39, 0.29) is 23.3 Å². The molecule has 0 amide bonds. The summed E-state index contributed by atoms with van der Waals surface area (Å²) in [6.45, 7) is 3.37.